The summed E-state index contributed by atoms with van der Waals surface area (Å²) in [6.07, 6.45) is 1.79. The molecule has 1 aliphatic rings. The second kappa shape index (κ2) is 5.90. The maximum atomic E-state index is 12.0. The first-order valence-corrected chi connectivity index (χ1v) is 7.92. The largest absolute Gasteiger partial charge is 0.325 e. The Morgan fingerprint density at radius 1 is 1.40 bits per heavy atom. The summed E-state index contributed by atoms with van der Waals surface area (Å²) in [5.74, 6) is -0.123. The van der Waals surface area contributed by atoms with Crippen LogP contribution in [0, 0.1) is 0 Å². The molecule has 110 valence electrons. The third-order valence-corrected chi connectivity index (χ3v) is 5.07. The molecule has 1 atom stereocenters. The van der Waals surface area contributed by atoms with Gasteiger partial charge in [0.25, 0.3) is 0 Å². The lowest BCUT2D eigenvalue weighted by atomic mass is 10.2. The van der Waals surface area contributed by atoms with E-state index in [0.29, 0.717) is 5.69 Å². The highest BCUT2D eigenvalue weighted by atomic mass is 32.2. The van der Waals surface area contributed by atoms with Gasteiger partial charge in [-0.25, -0.2) is 12.7 Å². The fraction of sp³-hybridized carbons (Fsp3) is 0.462. The second-order valence-electron chi connectivity index (χ2n) is 4.95. The summed E-state index contributed by atoms with van der Waals surface area (Å²) in [7, 11) is -0.537. The summed E-state index contributed by atoms with van der Waals surface area (Å²) in [5.41, 5.74) is 0.492. The third kappa shape index (κ3) is 3.17. The van der Waals surface area contributed by atoms with Crippen molar-refractivity contribution >= 4 is 21.6 Å². The van der Waals surface area contributed by atoms with Crippen molar-refractivity contribution in [3.8, 4) is 0 Å². The number of hydrogen-bond donors (Lipinski definition) is 2. The molecule has 20 heavy (non-hydrogen) atoms. The molecule has 1 unspecified atom stereocenters. The molecule has 0 aliphatic carbocycles. The number of sulfonamides is 1. The molecule has 0 bridgehead atoms. The van der Waals surface area contributed by atoms with Crippen LogP contribution in [0.3, 0.4) is 0 Å². The Labute approximate surface area is 119 Å². The van der Waals surface area contributed by atoms with E-state index in [0.717, 1.165) is 23.7 Å². The van der Waals surface area contributed by atoms with E-state index in [1.54, 1.807) is 12.1 Å². The molecule has 0 saturated carbocycles. The molecule has 0 aromatic heterocycles. The minimum atomic E-state index is -3.49. The first kappa shape index (κ1) is 15.0. The van der Waals surface area contributed by atoms with Gasteiger partial charge in [0, 0.05) is 19.8 Å². The van der Waals surface area contributed by atoms with Crippen LogP contribution in [-0.4, -0.2) is 45.3 Å². The van der Waals surface area contributed by atoms with Gasteiger partial charge in [-0.2, -0.15) is 0 Å². The van der Waals surface area contributed by atoms with Gasteiger partial charge >= 0.3 is 0 Å². The lowest BCUT2D eigenvalue weighted by Gasteiger charge is -2.14. The zero-order valence-corrected chi connectivity index (χ0v) is 12.4. The van der Waals surface area contributed by atoms with Crippen LogP contribution in [0.4, 0.5) is 5.69 Å². The van der Waals surface area contributed by atoms with E-state index >= 15 is 0 Å². The maximum Gasteiger partial charge on any atom is 0.242 e. The number of nitrogens with zero attached hydrogens (tertiary/aromatic N) is 1. The molecule has 7 heteroatoms. The summed E-state index contributed by atoms with van der Waals surface area (Å²) < 4.78 is 25.2. The molecule has 1 heterocycles. The van der Waals surface area contributed by atoms with Crippen molar-refractivity contribution in [2.24, 2.45) is 0 Å². The number of benzene rings is 1. The molecule has 1 amide bonds. The van der Waals surface area contributed by atoms with E-state index in [2.05, 4.69) is 10.6 Å². The van der Waals surface area contributed by atoms with Gasteiger partial charge in [-0.15, -0.1) is 0 Å². The van der Waals surface area contributed by atoms with Crippen LogP contribution in [-0.2, 0) is 14.8 Å². The first-order chi connectivity index (χ1) is 9.41. The van der Waals surface area contributed by atoms with Crippen LogP contribution in [0.15, 0.2) is 29.2 Å². The number of anilines is 1. The Morgan fingerprint density at radius 3 is 2.75 bits per heavy atom. The summed E-state index contributed by atoms with van der Waals surface area (Å²) in [5, 5.41) is 5.85. The fourth-order valence-corrected chi connectivity index (χ4v) is 3.03. The highest BCUT2D eigenvalue weighted by Crippen LogP contribution is 2.18. The van der Waals surface area contributed by atoms with E-state index in [1.165, 1.54) is 26.2 Å². The predicted octanol–water partition coefficient (Wildman–Crippen LogP) is 0.627. The topological polar surface area (TPSA) is 78.5 Å². The molecule has 1 aromatic rings. The van der Waals surface area contributed by atoms with Gasteiger partial charge in [0.05, 0.1) is 10.9 Å². The molecule has 6 nitrogen and oxygen atoms in total. The molecule has 1 saturated heterocycles. The Bertz CT molecular complexity index is 593. The van der Waals surface area contributed by atoms with Crippen molar-refractivity contribution in [1.29, 1.82) is 0 Å². The molecule has 1 aliphatic heterocycles. The average molecular weight is 297 g/mol. The number of carbonyl (C=O) groups is 1. The molecular weight excluding hydrogens is 278 g/mol. The summed E-state index contributed by atoms with van der Waals surface area (Å²) >= 11 is 0. The molecule has 1 fully saturated rings. The summed E-state index contributed by atoms with van der Waals surface area (Å²) in [4.78, 5) is 12.1. The van der Waals surface area contributed by atoms with Crippen molar-refractivity contribution < 1.29 is 13.2 Å². The van der Waals surface area contributed by atoms with E-state index < -0.39 is 10.0 Å². The molecule has 2 rings (SSSR count). The smallest absolute Gasteiger partial charge is 0.242 e. The normalized spacial score (nSPS) is 19.2. The van der Waals surface area contributed by atoms with Gasteiger partial charge < -0.3 is 10.6 Å². The molecule has 1 aromatic carbocycles. The van der Waals surface area contributed by atoms with Crippen LogP contribution in [0.25, 0.3) is 0 Å². The maximum absolute atomic E-state index is 12.0. The van der Waals surface area contributed by atoms with Gasteiger partial charge in [-0.05, 0) is 37.6 Å². The lowest BCUT2D eigenvalue weighted by molar-refractivity contribution is -0.117. The van der Waals surface area contributed by atoms with E-state index in [1.807, 2.05) is 0 Å². The average Bonchev–Trinajstić information content (AvgIpc) is 2.92. The Kier molecular flexibility index (Phi) is 4.42. The van der Waals surface area contributed by atoms with Crippen molar-refractivity contribution in [2.45, 2.75) is 23.8 Å². The van der Waals surface area contributed by atoms with Gasteiger partial charge in [-0.3, -0.25) is 4.79 Å². The summed E-state index contributed by atoms with van der Waals surface area (Å²) in [6, 6.07) is 6.10. The van der Waals surface area contributed by atoms with Crippen molar-refractivity contribution in [1.82, 2.24) is 9.62 Å². The van der Waals surface area contributed by atoms with Gasteiger partial charge in [0.15, 0.2) is 0 Å². The van der Waals surface area contributed by atoms with E-state index in [4.69, 9.17) is 0 Å². The minimum Gasteiger partial charge on any atom is -0.325 e. The highest BCUT2D eigenvalue weighted by Gasteiger charge is 2.22. The quantitative estimate of drug-likeness (QED) is 0.854. The number of carbonyl (C=O) groups excluding carboxylic acids is 1. The van der Waals surface area contributed by atoms with Gasteiger partial charge in [0.2, 0.25) is 15.9 Å². The zero-order chi connectivity index (χ0) is 14.8. The van der Waals surface area contributed by atoms with Crippen LogP contribution < -0.4 is 10.6 Å². The van der Waals surface area contributed by atoms with Gasteiger partial charge in [0.1, 0.15) is 0 Å². The Morgan fingerprint density at radius 2 is 2.15 bits per heavy atom. The number of nitrogens with one attached hydrogen (secondary N) is 2. The van der Waals surface area contributed by atoms with Crippen LogP contribution in [0.1, 0.15) is 12.8 Å². The van der Waals surface area contributed by atoms with Crippen molar-refractivity contribution in [3.05, 3.63) is 24.3 Å². The van der Waals surface area contributed by atoms with Crippen LogP contribution >= 0.6 is 0 Å². The lowest BCUT2D eigenvalue weighted by Crippen LogP contribution is -2.35. The predicted molar refractivity (Wildman–Crippen MR) is 77.0 cm³/mol. The van der Waals surface area contributed by atoms with E-state index in [9.17, 15) is 13.2 Å². The Hall–Kier alpha value is -1.44. The second-order valence-corrected chi connectivity index (χ2v) is 7.11. The molecular formula is C13H19N3O3S. The number of amides is 1. The number of hydrogen-bond acceptors (Lipinski definition) is 4. The highest BCUT2D eigenvalue weighted by molar-refractivity contribution is 7.89. The molecule has 0 radical (unpaired) electrons. The molecule has 2 N–H and O–H groups in total. The van der Waals surface area contributed by atoms with Crippen molar-refractivity contribution in [2.75, 3.05) is 26.0 Å². The monoisotopic (exact) mass is 297 g/mol. The van der Waals surface area contributed by atoms with E-state index in [-0.39, 0.29) is 16.8 Å². The number of rotatable bonds is 4. The fourth-order valence-electron chi connectivity index (χ4n) is 2.08. The minimum absolute atomic E-state index is 0.123. The third-order valence-electron chi connectivity index (χ3n) is 3.26. The SMILES string of the molecule is CN(C)S(=O)(=O)c1cccc(NC(=O)C2CCCN2)c1. The standard InChI is InChI=1S/C13H19N3O3S/c1-16(2)20(18,19)11-6-3-5-10(9-11)15-13(17)12-7-4-8-14-12/h3,5-6,9,12,14H,4,7-8H2,1-2H3,(H,15,17). The van der Waals surface area contributed by atoms with Crippen LogP contribution in [0.5, 0.6) is 0 Å². The zero-order valence-electron chi connectivity index (χ0n) is 11.6. The summed E-state index contributed by atoms with van der Waals surface area (Å²) in [6.45, 7) is 0.840. The van der Waals surface area contributed by atoms with Crippen LogP contribution in [0.2, 0.25) is 0 Å². The van der Waals surface area contributed by atoms with Gasteiger partial charge in [-0.1, -0.05) is 6.07 Å². The van der Waals surface area contributed by atoms with Crippen molar-refractivity contribution in [3.63, 3.8) is 0 Å². The Balaban J connectivity index is 2.16. The first-order valence-electron chi connectivity index (χ1n) is 6.48. The molecule has 0 spiro atoms.